The molecule has 2 fully saturated rings. The Morgan fingerprint density at radius 1 is 1.10 bits per heavy atom. The van der Waals surface area contributed by atoms with Gasteiger partial charge in [0.15, 0.2) is 5.82 Å². The maximum atomic E-state index is 14.7. The first-order valence-corrected chi connectivity index (χ1v) is 11.2. The summed E-state index contributed by atoms with van der Waals surface area (Å²) in [6.45, 7) is 3.73. The summed E-state index contributed by atoms with van der Waals surface area (Å²) >= 11 is 1.44. The number of aryl methyl sites for hydroxylation is 1. The van der Waals surface area contributed by atoms with Crippen molar-refractivity contribution in [2.24, 2.45) is 0 Å². The molecule has 2 N–H and O–H groups in total. The lowest BCUT2D eigenvalue weighted by molar-refractivity contribution is 0.311. The van der Waals surface area contributed by atoms with Gasteiger partial charge in [0, 0.05) is 41.7 Å². The Bertz CT molecular complexity index is 1050. The van der Waals surface area contributed by atoms with E-state index in [1.165, 1.54) is 42.7 Å². The summed E-state index contributed by atoms with van der Waals surface area (Å²) in [6.07, 6.45) is 5.00. The first kappa shape index (κ1) is 19.4. The van der Waals surface area contributed by atoms with Gasteiger partial charge in [0.05, 0.1) is 16.4 Å². The predicted molar refractivity (Wildman–Crippen MR) is 116 cm³/mol. The molecule has 5 rings (SSSR count). The molecular formula is C22H24FN5OS. The standard InChI is InChI=1S/C22H24FN5OS/c1-13-24-20(12-30-13)16-10-21(29)17(9-18(16)23)19-5-6-22(27-26-19)28-8-7-15(11-28)25-14-3-2-4-14/h5-6,9-10,12,14-15,25,29H,2-4,7-8,11H2,1H3. The van der Waals surface area contributed by atoms with Crippen molar-refractivity contribution in [2.45, 2.75) is 44.7 Å². The Morgan fingerprint density at radius 2 is 1.97 bits per heavy atom. The van der Waals surface area contributed by atoms with Crippen molar-refractivity contribution in [3.8, 4) is 28.3 Å². The Kier molecular flexibility index (Phi) is 5.12. The van der Waals surface area contributed by atoms with Gasteiger partial charge in [-0.3, -0.25) is 0 Å². The summed E-state index contributed by atoms with van der Waals surface area (Å²) in [4.78, 5) is 6.53. The normalized spacial score (nSPS) is 19.3. The van der Waals surface area contributed by atoms with Gasteiger partial charge in [-0.05, 0) is 50.5 Å². The fourth-order valence-corrected chi connectivity index (χ4v) is 4.71. The van der Waals surface area contributed by atoms with E-state index in [0.29, 0.717) is 29.0 Å². The number of rotatable bonds is 5. The van der Waals surface area contributed by atoms with Gasteiger partial charge in [-0.15, -0.1) is 21.5 Å². The van der Waals surface area contributed by atoms with Gasteiger partial charge >= 0.3 is 0 Å². The molecule has 1 saturated heterocycles. The van der Waals surface area contributed by atoms with Gasteiger partial charge < -0.3 is 15.3 Å². The van der Waals surface area contributed by atoms with E-state index in [1.54, 1.807) is 11.4 Å². The van der Waals surface area contributed by atoms with Crippen molar-refractivity contribution in [3.05, 3.63) is 40.5 Å². The molecule has 0 bridgehead atoms. The maximum Gasteiger partial charge on any atom is 0.151 e. The van der Waals surface area contributed by atoms with Crippen LogP contribution in [0.25, 0.3) is 22.5 Å². The summed E-state index contributed by atoms with van der Waals surface area (Å²) in [5, 5.41) is 25.4. The zero-order valence-electron chi connectivity index (χ0n) is 16.8. The number of aromatic hydroxyl groups is 1. The quantitative estimate of drug-likeness (QED) is 0.640. The molecule has 0 radical (unpaired) electrons. The van der Waals surface area contributed by atoms with E-state index < -0.39 is 5.82 Å². The van der Waals surface area contributed by atoms with Gasteiger partial charge in [-0.1, -0.05) is 6.42 Å². The first-order chi connectivity index (χ1) is 14.6. The molecule has 3 heterocycles. The topological polar surface area (TPSA) is 74.2 Å². The van der Waals surface area contributed by atoms with Crippen LogP contribution >= 0.6 is 11.3 Å². The predicted octanol–water partition coefficient (Wildman–Crippen LogP) is 4.14. The van der Waals surface area contributed by atoms with Gasteiger partial charge in [-0.2, -0.15) is 0 Å². The number of nitrogens with zero attached hydrogens (tertiary/aromatic N) is 4. The molecule has 1 unspecified atom stereocenters. The minimum Gasteiger partial charge on any atom is -0.507 e. The third-order valence-electron chi connectivity index (χ3n) is 6.00. The fourth-order valence-electron chi connectivity index (χ4n) is 4.10. The molecular weight excluding hydrogens is 401 g/mol. The lowest BCUT2D eigenvalue weighted by Gasteiger charge is -2.29. The number of benzene rings is 1. The molecule has 156 valence electrons. The molecule has 6 nitrogen and oxygen atoms in total. The van der Waals surface area contributed by atoms with Crippen molar-refractivity contribution in [2.75, 3.05) is 18.0 Å². The second-order valence-corrected chi connectivity index (χ2v) is 9.17. The van der Waals surface area contributed by atoms with Crippen LogP contribution in [0, 0.1) is 12.7 Å². The smallest absolute Gasteiger partial charge is 0.151 e. The first-order valence-electron chi connectivity index (χ1n) is 10.4. The number of anilines is 1. The van der Waals surface area contributed by atoms with Gasteiger partial charge in [0.25, 0.3) is 0 Å². The summed E-state index contributed by atoms with van der Waals surface area (Å²) in [6, 6.07) is 7.57. The van der Waals surface area contributed by atoms with Crippen LogP contribution in [0.5, 0.6) is 5.75 Å². The Balaban J connectivity index is 1.32. The third-order valence-corrected chi connectivity index (χ3v) is 6.77. The molecule has 8 heteroatoms. The zero-order valence-corrected chi connectivity index (χ0v) is 17.6. The van der Waals surface area contributed by atoms with Gasteiger partial charge in [-0.25, -0.2) is 9.37 Å². The van der Waals surface area contributed by atoms with Crippen LogP contribution < -0.4 is 10.2 Å². The summed E-state index contributed by atoms with van der Waals surface area (Å²) < 4.78 is 14.7. The van der Waals surface area contributed by atoms with Crippen molar-refractivity contribution >= 4 is 17.2 Å². The number of phenols is 1. The lowest BCUT2D eigenvalue weighted by Crippen LogP contribution is -2.43. The van der Waals surface area contributed by atoms with Crippen LogP contribution in [0.2, 0.25) is 0 Å². The third kappa shape index (κ3) is 3.77. The number of nitrogens with one attached hydrogen (secondary N) is 1. The van der Waals surface area contributed by atoms with Crippen molar-refractivity contribution in [3.63, 3.8) is 0 Å². The summed E-state index contributed by atoms with van der Waals surface area (Å²) in [5.41, 5.74) is 1.58. The van der Waals surface area contributed by atoms with E-state index in [0.717, 1.165) is 30.3 Å². The second-order valence-electron chi connectivity index (χ2n) is 8.10. The molecule has 2 aliphatic rings. The summed E-state index contributed by atoms with van der Waals surface area (Å²) in [5.74, 6) is 0.333. The minimum absolute atomic E-state index is 0.0370. The van der Waals surface area contributed by atoms with Gasteiger partial charge in [0.2, 0.25) is 0 Å². The van der Waals surface area contributed by atoms with E-state index in [4.69, 9.17) is 0 Å². The van der Waals surface area contributed by atoms with Crippen molar-refractivity contribution in [1.82, 2.24) is 20.5 Å². The van der Waals surface area contributed by atoms with E-state index in [9.17, 15) is 9.50 Å². The average Bonchev–Trinajstić information content (AvgIpc) is 3.35. The average molecular weight is 426 g/mol. The fraction of sp³-hybridized carbons (Fsp3) is 0.409. The number of hydrogen-bond acceptors (Lipinski definition) is 7. The highest BCUT2D eigenvalue weighted by Crippen LogP contribution is 2.35. The molecule has 1 aromatic carbocycles. The Labute approximate surface area is 178 Å². The molecule has 1 aliphatic carbocycles. The van der Waals surface area contributed by atoms with Crippen LogP contribution in [-0.2, 0) is 0 Å². The number of thiazole rings is 1. The SMILES string of the molecule is Cc1nc(-c2cc(O)c(-c3ccc(N4CCC(NC5CCC5)C4)nn3)cc2F)cs1. The molecule has 0 amide bonds. The van der Waals surface area contributed by atoms with Crippen LogP contribution in [0.3, 0.4) is 0 Å². The second kappa shape index (κ2) is 7.92. The molecule has 1 saturated carbocycles. The molecule has 1 atom stereocenters. The Morgan fingerprint density at radius 3 is 2.63 bits per heavy atom. The van der Waals surface area contributed by atoms with E-state index in [2.05, 4.69) is 25.4 Å². The van der Waals surface area contributed by atoms with Crippen LogP contribution in [0.4, 0.5) is 10.2 Å². The molecule has 3 aromatic rings. The largest absolute Gasteiger partial charge is 0.507 e. The van der Waals surface area contributed by atoms with Gasteiger partial charge in [0.1, 0.15) is 11.6 Å². The number of hydrogen-bond donors (Lipinski definition) is 2. The lowest BCUT2D eigenvalue weighted by atomic mass is 9.92. The molecule has 1 aliphatic heterocycles. The number of aromatic nitrogens is 3. The van der Waals surface area contributed by atoms with E-state index >= 15 is 0 Å². The highest BCUT2D eigenvalue weighted by Gasteiger charge is 2.28. The van der Waals surface area contributed by atoms with E-state index in [-0.39, 0.29) is 11.3 Å². The molecule has 2 aromatic heterocycles. The van der Waals surface area contributed by atoms with Crippen molar-refractivity contribution < 1.29 is 9.50 Å². The van der Waals surface area contributed by atoms with Crippen LogP contribution in [0.15, 0.2) is 29.6 Å². The maximum absolute atomic E-state index is 14.7. The molecule has 0 spiro atoms. The summed E-state index contributed by atoms with van der Waals surface area (Å²) in [7, 11) is 0. The van der Waals surface area contributed by atoms with E-state index in [1.807, 2.05) is 13.0 Å². The van der Waals surface area contributed by atoms with Crippen molar-refractivity contribution in [1.29, 1.82) is 0 Å². The highest BCUT2D eigenvalue weighted by molar-refractivity contribution is 7.09. The number of halogens is 1. The number of phenolic OH excluding ortho intramolecular Hbond substituents is 1. The monoisotopic (exact) mass is 425 g/mol. The minimum atomic E-state index is -0.441. The van der Waals surface area contributed by atoms with Crippen LogP contribution in [0.1, 0.15) is 30.7 Å². The Hall–Kier alpha value is -2.58. The van der Waals surface area contributed by atoms with Crippen LogP contribution in [-0.4, -0.2) is 45.5 Å². The molecule has 30 heavy (non-hydrogen) atoms. The zero-order chi connectivity index (χ0) is 20.7. The highest BCUT2D eigenvalue weighted by atomic mass is 32.1.